The van der Waals surface area contributed by atoms with Crippen molar-refractivity contribution in [3.8, 4) is 6.01 Å². The zero-order valence-electron chi connectivity index (χ0n) is 11.2. The lowest BCUT2D eigenvalue weighted by Gasteiger charge is -2.18. The molecule has 0 saturated carbocycles. The molecule has 6 heteroatoms. The van der Waals surface area contributed by atoms with E-state index < -0.39 is 0 Å². The van der Waals surface area contributed by atoms with Gasteiger partial charge in [0, 0.05) is 12.6 Å². The molecule has 1 heterocycles. The zero-order valence-corrected chi connectivity index (χ0v) is 12.0. The lowest BCUT2D eigenvalue weighted by Crippen LogP contribution is -2.31. The van der Waals surface area contributed by atoms with E-state index in [4.69, 9.17) is 22.1 Å². The number of hydrogen-bond donors (Lipinski definition) is 2. The van der Waals surface area contributed by atoms with E-state index >= 15 is 0 Å². The maximum absolute atomic E-state index is 6.07. The summed E-state index contributed by atoms with van der Waals surface area (Å²) in [7, 11) is 1.51. The molecule has 0 amide bonds. The van der Waals surface area contributed by atoms with Gasteiger partial charge in [-0.2, -0.15) is 4.98 Å². The molecule has 20 heavy (non-hydrogen) atoms. The van der Waals surface area contributed by atoms with Crippen molar-refractivity contribution in [2.24, 2.45) is 5.73 Å². The number of nitrogens with one attached hydrogen (secondary N) is 1. The minimum absolute atomic E-state index is 0.0366. The summed E-state index contributed by atoms with van der Waals surface area (Å²) in [6, 6.07) is 10.4. The molecular weight excluding hydrogens is 276 g/mol. The third-order valence-corrected chi connectivity index (χ3v) is 3.13. The largest absolute Gasteiger partial charge is 0.467 e. The molecule has 106 valence electrons. The van der Waals surface area contributed by atoms with Crippen molar-refractivity contribution >= 4 is 17.4 Å². The number of hydrogen-bond acceptors (Lipinski definition) is 5. The predicted octanol–water partition coefficient (Wildman–Crippen LogP) is 2.12. The Kier molecular flexibility index (Phi) is 5.15. The fourth-order valence-corrected chi connectivity index (χ4v) is 1.98. The Morgan fingerprint density at radius 1 is 1.35 bits per heavy atom. The van der Waals surface area contributed by atoms with Crippen molar-refractivity contribution in [1.29, 1.82) is 0 Å². The second kappa shape index (κ2) is 7.07. The summed E-state index contributed by atoms with van der Waals surface area (Å²) >= 11 is 6.07. The third-order valence-electron chi connectivity index (χ3n) is 2.85. The average molecular weight is 293 g/mol. The van der Waals surface area contributed by atoms with Crippen LogP contribution in [-0.2, 0) is 6.42 Å². The van der Waals surface area contributed by atoms with Crippen LogP contribution >= 0.6 is 11.6 Å². The highest BCUT2D eigenvalue weighted by Gasteiger charge is 2.12. The number of aromatic nitrogens is 2. The number of rotatable bonds is 6. The highest BCUT2D eigenvalue weighted by molar-refractivity contribution is 6.32. The van der Waals surface area contributed by atoms with Gasteiger partial charge in [-0.3, -0.25) is 0 Å². The van der Waals surface area contributed by atoms with E-state index in [0.29, 0.717) is 17.4 Å². The van der Waals surface area contributed by atoms with Crippen LogP contribution in [-0.4, -0.2) is 29.7 Å². The van der Waals surface area contributed by atoms with Crippen molar-refractivity contribution in [3.05, 3.63) is 47.1 Å². The van der Waals surface area contributed by atoms with Crippen molar-refractivity contribution in [2.75, 3.05) is 19.0 Å². The summed E-state index contributed by atoms with van der Waals surface area (Å²) in [5.74, 6) is 0.532. The van der Waals surface area contributed by atoms with E-state index in [1.165, 1.54) is 18.9 Å². The number of methoxy groups -OCH3 is 1. The van der Waals surface area contributed by atoms with Gasteiger partial charge in [-0.05, 0) is 12.0 Å². The van der Waals surface area contributed by atoms with E-state index in [9.17, 15) is 0 Å². The zero-order chi connectivity index (χ0) is 14.4. The molecule has 0 fully saturated rings. The van der Waals surface area contributed by atoms with Gasteiger partial charge in [0.1, 0.15) is 5.02 Å². The summed E-state index contributed by atoms with van der Waals surface area (Å²) in [5, 5.41) is 3.67. The maximum atomic E-state index is 6.07. The maximum Gasteiger partial charge on any atom is 0.318 e. The topological polar surface area (TPSA) is 73.1 Å². The highest BCUT2D eigenvalue weighted by atomic mass is 35.5. The van der Waals surface area contributed by atoms with Crippen LogP contribution in [0.5, 0.6) is 6.01 Å². The molecule has 2 rings (SSSR count). The summed E-state index contributed by atoms with van der Waals surface area (Å²) in [6.45, 7) is 0.470. The van der Waals surface area contributed by atoms with Crippen molar-refractivity contribution in [3.63, 3.8) is 0 Å². The van der Waals surface area contributed by atoms with Crippen LogP contribution in [0.25, 0.3) is 0 Å². The van der Waals surface area contributed by atoms with Crippen molar-refractivity contribution in [2.45, 2.75) is 12.5 Å². The summed E-state index contributed by atoms with van der Waals surface area (Å²) in [6.07, 6.45) is 2.30. The molecular formula is C14H17ClN4O. The normalized spacial score (nSPS) is 11.9. The van der Waals surface area contributed by atoms with E-state index in [-0.39, 0.29) is 12.1 Å². The van der Waals surface area contributed by atoms with Crippen LogP contribution in [0.3, 0.4) is 0 Å². The second-order valence-electron chi connectivity index (χ2n) is 4.32. The van der Waals surface area contributed by atoms with Crippen LogP contribution < -0.4 is 15.8 Å². The van der Waals surface area contributed by atoms with Gasteiger partial charge in [0.15, 0.2) is 5.82 Å². The van der Waals surface area contributed by atoms with Crippen LogP contribution in [0.2, 0.25) is 5.02 Å². The first-order chi connectivity index (χ1) is 9.72. The Morgan fingerprint density at radius 2 is 2.10 bits per heavy atom. The molecule has 0 aliphatic carbocycles. The Hall–Kier alpha value is -1.85. The Morgan fingerprint density at radius 3 is 2.75 bits per heavy atom. The summed E-state index contributed by atoms with van der Waals surface area (Å²) < 4.78 is 4.99. The minimum Gasteiger partial charge on any atom is -0.467 e. The number of benzene rings is 1. The van der Waals surface area contributed by atoms with Crippen molar-refractivity contribution < 1.29 is 4.74 Å². The van der Waals surface area contributed by atoms with Crippen molar-refractivity contribution in [1.82, 2.24) is 9.97 Å². The minimum atomic E-state index is 0.0366. The van der Waals surface area contributed by atoms with E-state index in [1.807, 2.05) is 18.2 Å². The molecule has 0 radical (unpaired) electrons. The molecule has 0 aliphatic heterocycles. The van der Waals surface area contributed by atoms with Gasteiger partial charge in [0.05, 0.1) is 13.3 Å². The third kappa shape index (κ3) is 3.82. The molecule has 0 aliphatic rings. The lowest BCUT2D eigenvalue weighted by atomic mass is 10.1. The first kappa shape index (κ1) is 14.6. The van der Waals surface area contributed by atoms with Gasteiger partial charge in [0.25, 0.3) is 0 Å². The SMILES string of the molecule is COc1ncc(Cl)c(NC(CN)Cc2ccccc2)n1. The standard InChI is InChI=1S/C14H17ClN4O/c1-20-14-17-9-12(15)13(19-14)18-11(8-16)7-10-5-3-2-4-6-10/h2-6,9,11H,7-8,16H2,1H3,(H,17,18,19). The first-order valence-electron chi connectivity index (χ1n) is 6.30. The number of halogens is 1. The number of nitrogens with zero attached hydrogens (tertiary/aromatic N) is 2. The summed E-state index contributed by atoms with van der Waals surface area (Å²) in [5.41, 5.74) is 7.01. The average Bonchev–Trinajstić information content (AvgIpc) is 2.49. The molecule has 1 aromatic heterocycles. The Bertz CT molecular complexity index is 550. The van der Waals surface area contributed by atoms with E-state index in [2.05, 4.69) is 27.4 Å². The predicted molar refractivity (Wildman–Crippen MR) is 80.2 cm³/mol. The summed E-state index contributed by atoms with van der Waals surface area (Å²) in [4.78, 5) is 8.13. The molecule has 1 atom stereocenters. The molecule has 0 saturated heterocycles. The van der Waals surface area contributed by atoms with Crippen LogP contribution in [0, 0.1) is 0 Å². The number of anilines is 1. The van der Waals surface area contributed by atoms with Gasteiger partial charge >= 0.3 is 6.01 Å². The number of ether oxygens (including phenoxy) is 1. The van der Waals surface area contributed by atoms with Crippen LogP contribution in [0.1, 0.15) is 5.56 Å². The lowest BCUT2D eigenvalue weighted by molar-refractivity contribution is 0.380. The molecule has 1 aromatic carbocycles. The quantitative estimate of drug-likeness (QED) is 0.853. The fourth-order valence-electron chi connectivity index (χ4n) is 1.84. The van der Waals surface area contributed by atoms with Gasteiger partial charge < -0.3 is 15.8 Å². The second-order valence-corrected chi connectivity index (χ2v) is 4.73. The van der Waals surface area contributed by atoms with Gasteiger partial charge in [-0.25, -0.2) is 4.98 Å². The van der Waals surface area contributed by atoms with Gasteiger partial charge in [-0.15, -0.1) is 0 Å². The molecule has 5 nitrogen and oxygen atoms in total. The van der Waals surface area contributed by atoms with E-state index in [1.54, 1.807) is 0 Å². The molecule has 1 unspecified atom stereocenters. The molecule has 0 bridgehead atoms. The van der Waals surface area contributed by atoms with Gasteiger partial charge in [0.2, 0.25) is 0 Å². The van der Waals surface area contributed by atoms with Crippen LogP contribution in [0.4, 0.5) is 5.82 Å². The van der Waals surface area contributed by atoms with Gasteiger partial charge in [-0.1, -0.05) is 41.9 Å². The van der Waals surface area contributed by atoms with E-state index in [0.717, 1.165) is 6.42 Å². The first-order valence-corrected chi connectivity index (χ1v) is 6.67. The monoisotopic (exact) mass is 292 g/mol. The molecule has 3 N–H and O–H groups in total. The Balaban J connectivity index is 2.10. The Labute approximate surface area is 123 Å². The fraction of sp³-hybridized carbons (Fsp3) is 0.286. The number of nitrogens with two attached hydrogens (primary N) is 1. The smallest absolute Gasteiger partial charge is 0.318 e. The highest BCUT2D eigenvalue weighted by Crippen LogP contribution is 2.21. The molecule has 2 aromatic rings. The molecule has 0 spiro atoms. The van der Waals surface area contributed by atoms with Crippen LogP contribution in [0.15, 0.2) is 36.5 Å².